The van der Waals surface area contributed by atoms with Crippen LogP contribution in [0, 0.1) is 0 Å². The number of amides is 1. The molecule has 0 unspecified atom stereocenters. The minimum absolute atomic E-state index is 0.202. The number of rotatable bonds is 3. The van der Waals surface area contributed by atoms with Crippen molar-refractivity contribution in [1.82, 2.24) is 10.3 Å². The summed E-state index contributed by atoms with van der Waals surface area (Å²) in [6, 6.07) is 11.1. The van der Waals surface area contributed by atoms with Crippen molar-refractivity contribution in [2.45, 2.75) is 18.6 Å². The molecule has 2 aromatic rings. The van der Waals surface area contributed by atoms with Gasteiger partial charge in [0.05, 0.1) is 17.7 Å². The van der Waals surface area contributed by atoms with Crippen molar-refractivity contribution in [3.05, 3.63) is 59.3 Å². The van der Waals surface area contributed by atoms with Crippen LogP contribution in [0.25, 0.3) is 0 Å². The molecule has 0 radical (unpaired) electrons. The van der Waals surface area contributed by atoms with Gasteiger partial charge in [-0.3, -0.25) is 4.79 Å². The lowest BCUT2D eigenvalue weighted by Gasteiger charge is -2.20. The van der Waals surface area contributed by atoms with E-state index in [9.17, 15) is 9.90 Å². The molecule has 0 aliphatic heterocycles. The second kappa shape index (κ2) is 5.54. The molecule has 1 heterocycles. The second-order valence-corrected chi connectivity index (χ2v) is 5.07. The van der Waals surface area contributed by atoms with Crippen LogP contribution in [0.15, 0.2) is 42.6 Å². The quantitative estimate of drug-likeness (QED) is 0.798. The van der Waals surface area contributed by atoms with Crippen LogP contribution in [-0.4, -0.2) is 29.1 Å². The maximum atomic E-state index is 11.9. The Kier molecular flexibility index (Phi) is 3.58. The number of carbonyl (C=O) groups excluding carboxylic acids is 1. The molecule has 108 valence electrons. The molecule has 3 N–H and O–H groups in total. The van der Waals surface area contributed by atoms with Crippen LogP contribution in [0.1, 0.15) is 27.5 Å². The summed E-state index contributed by atoms with van der Waals surface area (Å²) in [5.74, 6) is 0.281. The summed E-state index contributed by atoms with van der Waals surface area (Å²) in [7, 11) is 1.58. The predicted octanol–water partition coefficient (Wildman–Crippen LogP) is 1.51. The van der Waals surface area contributed by atoms with E-state index in [-0.39, 0.29) is 11.9 Å². The van der Waals surface area contributed by atoms with E-state index >= 15 is 0 Å². The van der Waals surface area contributed by atoms with Crippen molar-refractivity contribution in [1.29, 1.82) is 0 Å². The van der Waals surface area contributed by atoms with Crippen molar-refractivity contribution in [3.8, 4) is 0 Å². The third-order valence-corrected chi connectivity index (χ3v) is 3.78. The van der Waals surface area contributed by atoms with Gasteiger partial charge in [0.15, 0.2) is 0 Å². The standard InChI is InChI=1S/C16H17N3O2/c1-17-16(21)12-7-4-8-18-15(12)19-14-11-6-3-2-5-10(11)9-13(14)20/h2-8,13-14,20H,9H2,1H3,(H,17,21)(H,18,19)/t13-,14+/m1/s1. The molecule has 5 nitrogen and oxygen atoms in total. The van der Waals surface area contributed by atoms with E-state index in [1.807, 2.05) is 24.3 Å². The third-order valence-electron chi connectivity index (χ3n) is 3.78. The summed E-state index contributed by atoms with van der Waals surface area (Å²) in [5.41, 5.74) is 2.65. The number of fused-ring (bicyclic) bond motifs is 1. The maximum absolute atomic E-state index is 11.9. The number of aliphatic hydroxyl groups excluding tert-OH is 1. The van der Waals surface area contributed by atoms with Gasteiger partial charge in [0.2, 0.25) is 0 Å². The van der Waals surface area contributed by atoms with Gasteiger partial charge in [0.1, 0.15) is 5.82 Å². The Morgan fingerprint density at radius 1 is 1.29 bits per heavy atom. The van der Waals surface area contributed by atoms with E-state index in [0.717, 1.165) is 11.1 Å². The number of anilines is 1. The first-order valence-corrected chi connectivity index (χ1v) is 6.90. The molecule has 1 aliphatic rings. The van der Waals surface area contributed by atoms with Crippen LogP contribution in [0.4, 0.5) is 5.82 Å². The van der Waals surface area contributed by atoms with Crippen molar-refractivity contribution in [2.75, 3.05) is 12.4 Å². The summed E-state index contributed by atoms with van der Waals surface area (Å²) >= 11 is 0. The molecule has 0 fully saturated rings. The molecule has 0 saturated heterocycles. The minimum Gasteiger partial charge on any atom is -0.390 e. The van der Waals surface area contributed by atoms with Crippen molar-refractivity contribution in [3.63, 3.8) is 0 Å². The van der Waals surface area contributed by atoms with E-state index in [1.165, 1.54) is 0 Å². The number of hydrogen-bond acceptors (Lipinski definition) is 4. The van der Waals surface area contributed by atoms with Gasteiger partial charge in [-0.05, 0) is 23.3 Å². The highest BCUT2D eigenvalue weighted by Crippen LogP contribution is 2.34. The zero-order valence-corrected chi connectivity index (χ0v) is 11.7. The highest BCUT2D eigenvalue weighted by Gasteiger charge is 2.31. The number of hydrogen-bond donors (Lipinski definition) is 3. The van der Waals surface area contributed by atoms with Gasteiger partial charge in [-0.15, -0.1) is 0 Å². The lowest BCUT2D eigenvalue weighted by molar-refractivity contribution is 0.0963. The largest absolute Gasteiger partial charge is 0.390 e. The fourth-order valence-corrected chi connectivity index (χ4v) is 2.73. The molecule has 5 heteroatoms. The van der Waals surface area contributed by atoms with Gasteiger partial charge in [-0.2, -0.15) is 0 Å². The summed E-state index contributed by atoms with van der Waals surface area (Å²) in [6.45, 7) is 0. The van der Waals surface area contributed by atoms with E-state index in [1.54, 1.807) is 25.4 Å². The molecule has 1 aliphatic carbocycles. The summed E-state index contributed by atoms with van der Waals surface area (Å²) < 4.78 is 0. The Balaban J connectivity index is 1.93. The molecule has 3 rings (SSSR count). The number of aliphatic hydroxyl groups is 1. The fourth-order valence-electron chi connectivity index (χ4n) is 2.73. The van der Waals surface area contributed by atoms with Gasteiger partial charge in [-0.1, -0.05) is 24.3 Å². The smallest absolute Gasteiger partial charge is 0.254 e. The molecule has 1 amide bonds. The Labute approximate surface area is 123 Å². The van der Waals surface area contributed by atoms with E-state index < -0.39 is 6.10 Å². The van der Waals surface area contributed by atoms with E-state index in [2.05, 4.69) is 15.6 Å². The van der Waals surface area contributed by atoms with Crippen molar-refractivity contribution >= 4 is 11.7 Å². The zero-order valence-electron chi connectivity index (χ0n) is 11.7. The maximum Gasteiger partial charge on any atom is 0.254 e. The third kappa shape index (κ3) is 2.48. The number of carbonyl (C=O) groups is 1. The van der Waals surface area contributed by atoms with Crippen LogP contribution in [0.3, 0.4) is 0 Å². The number of nitrogens with one attached hydrogen (secondary N) is 2. The number of benzene rings is 1. The highest BCUT2D eigenvalue weighted by atomic mass is 16.3. The molecular weight excluding hydrogens is 266 g/mol. The van der Waals surface area contributed by atoms with Crippen LogP contribution in [0.5, 0.6) is 0 Å². The SMILES string of the molecule is CNC(=O)c1cccnc1N[C@H]1c2ccccc2C[C@H]1O. The van der Waals surface area contributed by atoms with Crippen LogP contribution in [0.2, 0.25) is 0 Å². The molecule has 1 aromatic heterocycles. The molecule has 2 atom stereocenters. The van der Waals surface area contributed by atoms with Gasteiger partial charge in [-0.25, -0.2) is 4.98 Å². The van der Waals surface area contributed by atoms with Gasteiger partial charge >= 0.3 is 0 Å². The van der Waals surface area contributed by atoms with Gasteiger partial charge in [0.25, 0.3) is 5.91 Å². The highest BCUT2D eigenvalue weighted by molar-refractivity contribution is 5.98. The first kappa shape index (κ1) is 13.6. The van der Waals surface area contributed by atoms with Crippen LogP contribution < -0.4 is 10.6 Å². The van der Waals surface area contributed by atoms with Crippen molar-refractivity contribution < 1.29 is 9.90 Å². The average molecular weight is 283 g/mol. The second-order valence-electron chi connectivity index (χ2n) is 5.07. The molecule has 0 bridgehead atoms. The number of pyridine rings is 1. The normalized spacial score (nSPS) is 19.9. The minimum atomic E-state index is -0.526. The Morgan fingerprint density at radius 3 is 2.90 bits per heavy atom. The first-order valence-electron chi connectivity index (χ1n) is 6.90. The summed E-state index contributed by atoms with van der Waals surface area (Å²) in [4.78, 5) is 16.1. The summed E-state index contributed by atoms with van der Waals surface area (Å²) in [6.07, 6.45) is 1.71. The predicted molar refractivity (Wildman–Crippen MR) is 80.1 cm³/mol. The van der Waals surface area contributed by atoms with Gasteiger partial charge in [0, 0.05) is 19.7 Å². The van der Waals surface area contributed by atoms with Crippen molar-refractivity contribution in [2.24, 2.45) is 0 Å². The van der Waals surface area contributed by atoms with Crippen LogP contribution >= 0.6 is 0 Å². The fraction of sp³-hybridized carbons (Fsp3) is 0.250. The topological polar surface area (TPSA) is 74.2 Å². The van der Waals surface area contributed by atoms with E-state index in [0.29, 0.717) is 17.8 Å². The first-order chi connectivity index (χ1) is 10.2. The monoisotopic (exact) mass is 283 g/mol. The Hall–Kier alpha value is -2.40. The zero-order chi connectivity index (χ0) is 14.8. The van der Waals surface area contributed by atoms with E-state index in [4.69, 9.17) is 0 Å². The average Bonchev–Trinajstić information content (AvgIpc) is 2.83. The lowest BCUT2D eigenvalue weighted by atomic mass is 10.1. The molecule has 0 saturated carbocycles. The Bertz CT molecular complexity index is 672. The Morgan fingerprint density at radius 2 is 2.10 bits per heavy atom. The number of nitrogens with zero attached hydrogens (tertiary/aromatic N) is 1. The summed E-state index contributed by atoms with van der Waals surface area (Å²) in [5, 5.41) is 16.1. The molecular formula is C16H17N3O2. The molecule has 0 spiro atoms. The van der Waals surface area contributed by atoms with Gasteiger partial charge < -0.3 is 15.7 Å². The lowest BCUT2D eigenvalue weighted by Crippen LogP contribution is -2.25. The molecule has 21 heavy (non-hydrogen) atoms. The number of aromatic nitrogens is 1. The van der Waals surface area contributed by atoms with Crippen LogP contribution in [-0.2, 0) is 6.42 Å². The molecule has 1 aromatic carbocycles.